The summed E-state index contributed by atoms with van der Waals surface area (Å²) in [4.78, 5) is 7.25. The predicted octanol–water partition coefficient (Wildman–Crippen LogP) is 2.49. The third kappa shape index (κ3) is 2.81. The van der Waals surface area contributed by atoms with Gasteiger partial charge in [0.1, 0.15) is 0 Å². The molecule has 3 heterocycles. The lowest BCUT2D eigenvalue weighted by molar-refractivity contribution is 0.154. The average Bonchev–Trinajstić information content (AvgIpc) is 2.99. The molecule has 24 heavy (non-hydrogen) atoms. The highest BCUT2D eigenvalue weighted by atomic mass is 15.3. The summed E-state index contributed by atoms with van der Waals surface area (Å²) >= 11 is 0. The van der Waals surface area contributed by atoms with Crippen molar-refractivity contribution < 1.29 is 0 Å². The minimum Gasteiger partial charge on any atom is -0.314 e. The molecule has 1 fully saturated rings. The van der Waals surface area contributed by atoms with Crippen molar-refractivity contribution in [2.45, 2.75) is 26.4 Å². The molecule has 1 aromatic carbocycles. The largest absolute Gasteiger partial charge is 0.314 e. The fraction of sp³-hybridized carbons (Fsp3) is 0.368. The van der Waals surface area contributed by atoms with Crippen molar-refractivity contribution in [1.82, 2.24) is 24.8 Å². The summed E-state index contributed by atoms with van der Waals surface area (Å²) in [7, 11) is 0. The molecule has 0 spiro atoms. The number of aromatic nitrogens is 3. The van der Waals surface area contributed by atoms with Gasteiger partial charge in [-0.2, -0.15) is 5.10 Å². The van der Waals surface area contributed by atoms with Gasteiger partial charge in [-0.3, -0.25) is 4.90 Å². The van der Waals surface area contributed by atoms with Crippen molar-refractivity contribution in [3.8, 4) is 0 Å². The van der Waals surface area contributed by atoms with E-state index >= 15 is 0 Å². The fourth-order valence-electron chi connectivity index (χ4n) is 3.59. The number of hydrogen-bond acceptors (Lipinski definition) is 4. The summed E-state index contributed by atoms with van der Waals surface area (Å²) in [5.74, 6) is 0. The third-order valence-electron chi connectivity index (χ3n) is 4.76. The Balaban J connectivity index is 1.66. The van der Waals surface area contributed by atoms with Gasteiger partial charge in [0.15, 0.2) is 5.65 Å². The predicted molar refractivity (Wildman–Crippen MR) is 94.9 cm³/mol. The van der Waals surface area contributed by atoms with E-state index in [0.717, 1.165) is 43.2 Å². The molecule has 1 unspecified atom stereocenters. The summed E-state index contributed by atoms with van der Waals surface area (Å²) in [5.41, 5.74) is 5.72. The monoisotopic (exact) mass is 321 g/mol. The Morgan fingerprint density at radius 3 is 2.88 bits per heavy atom. The smallest absolute Gasteiger partial charge is 0.159 e. The molecule has 5 nitrogen and oxygen atoms in total. The quantitative estimate of drug-likeness (QED) is 0.805. The van der Waals surface area contributed by atoms with Gasteiger partial charge >= 0.3 is 0 Å². The van der Waals surface area contributed by atoms with Crippen molar-refractivity contribution >= 4 is 5.65 Å². The normalized spacial score (nSPS) is 19.0. The second-order valence-corrected chi connectivity index (χ2v) is 6.55. The summed E-state index contributed by atoms with van der Waals surface area (Å²) in [6.07, 6.45) is 1.97. The molecule has 1 N–H and O–H groups in total. The zero-order chi connectivity index (χ0) is 16.5. The van der Waals surface area contributed by atoms with E-state index in [4.69, 9.17) is 4.98 Å². The summed E-state index contributed by atoms with van der Waals surface area (Å²) < 4.78 is 1.95. The molecule has 1 atom stereocenters. The molecule has 0 saturated carbocycles. The number of rotatable bonds is 3. The van der Waals surface area contributed by atoms with Crippen LogP contribution in [0.2, 0.25) is 0 Å². The van der Waals surface area contributed by atoms with Crippen molar-refractivity contribution in [3.63, 3.8) is 0 Å². The number of hydrogen-bond donors (Lipinski definition) is 1. The van der Waals surface area contributed by atoms with Gasteiger partial charge in [-0.15, -0.1) is 0 Å². The van der Waals surface area contributed by atoms with Crippen LogP contribution < -0.4 is 5.32 Å². The van der Waals surface area contributed by atoms with Crippen molar-refractivity contribution in [1.29, 1.82) is 0 Å². The van der Waals surface area contributed by atoms with Crippen LogP contribution in [0, 0.1) is 13.8 Å². The Hall–Kier alpha value is -2.24. The first-order chi connectivity index (χ1) is 11.7. The molecule has 2 aromatic heterocycles. The SMILES string of the molecule is Cc1cc(C)n2ncc(CN3CCNCC3c3ccccc3)c2n1. The number of fused-ring (bicyclic) bond motifs is 1. The molecule has 3 aromatic rings. The van der Waals surface area contributed by atoms with Crippen LogP contribution in [-0.4, -0.2) is 39.1 Å². The number of benzene rings is 1. The molecule has 1 aliphatic heterocycles. The number of nitrogens with zero attached hydrogens (tertiary/aromatic N) is 4. The van der Waals surface area contributed by atoms with Crippen LogP contribution in [0.4, 0.5) is 0 Å². The molecular weight excluding hydrogens is 298 g/mol. The average molecular weight is 321 g/mol. The number of nitrogens with one attached hydrogen (secondary N) is 1. The highest BCUT2D eigenvalue weighted by Gasteiger charge is 2.24. The zero-order valence-corrected chi connectivity index (χ0v) is 14.2. The van der Waals surface area contributed by atoms with Crippen molar-refractivity contribution in [2.24, 2.45) is 0 Å². The molecule has 5 heteroatoms. The lowest BCUT2D eigenvalue weighted by atomic mass is 10.0. The van der Waals surface area contributed by atoms with E-state index in [-0.39, 0.29) is 0 Å². The van der Waals surface area contributed by atoms with Crippen LogP contribution in [-0.2, 0) is 6.54 Å². The van der Waals surface area contributed by atoms with E-state index in [9.17, 15) is 0 Å². The Bertz CT molecular complexity index is 840. The molecule has 0 aliphatic carbocycles. The first-order valence-electron chi connectivity index (χ1n) is 8.53. The van der Waals surface area contributed by atoms with Crippen LogP contribution in [0.25, 0.3) is 5.65 Å². The third-order valence-corrected chi connectivity index (χ3v) is 4.76. The molecule has 4 rings (SSSR count). The lowest BCUT2D eigenvalue weighted by Gasteiger charge is -2.36. The zero-order valence-electron chi connectivity index (χ0n) is 14.2. The molecule has 124 valence electrons. The van der Waals surface area contributed by atoms with Crippen LogP contribution in [0.15, 0.2) is 42.6 Å². The van der Waals surface area contributed by atoms with Gasteiger partial charge in [0.05, 0.1) is 6.20 Å². The van der Waals surface area contributed by atoms with Gasteiger partial charge in [-0.05, 0) is 25.5 Å². The van der Waals surface area contributed by atoms with Crippen LogP contribution >= 0.6 is 0 Å². The molecular formula is C19H23N5. The van der Waals surface area contributed by atoms with Gasteiger partial charge in [0.25, 0.3) is 0 Å². The van der Waals surface area contributed by atoms with Crippen molar-refractivity contribution in [2.75, 3.05) is 19.6 Å². The molecule has 0 radical (unpaired) electrons. The fourth-order valence-corrected chi connectivity index (χ4v) is 3.59. The van der Waals surface area contributed by atoms with Crippen LogP contribution in [0.5, 0.6) is 0 Å². The minimum atomic E-state index is 0.390. The first kappa shape index (κ1) is 15.3. The van der Waals surface area contributed by atoms with E-state index < -0.39 is 0 Å². The second kappa shape index (κ2) is 6.34. The van der Waals surface area contributed by atoms with Gasteiger partial charge in [-0.25, -0.2) is 9.50 Å². The Labute approximate surface area is 142 Å². The molecule has 0 bridgehead atoms. The maximum atomic E-state index is 4.72. The Kier molecular flexibility index (Phi) is 4.04. The topological polar surface area (TPSA) is 45.5 Å². The van der Waals surface area contributed by atoms with Crippen LogP contribution in [0.3, 0.4) is 0 Å². The van der Waals surface area contributed by atoms with E-state index in [1.54, 1.807) is 0 Å². The summed E-state index contributed by atoms with van der Waals surface area (Å²) in [6, 6.07) is 13.2. The first-order valence-corrected chi connectivity index (χ1v) is 8.53. The number of aryl methyl sites for hydroxylation is 2. The van der Waals surface area contributed by atoms with Crippen LogP contribution in [0.1, 0.15) is 28.6 Å². The minimum absolute atomic E-state index is 0.390. The Morgan fingerprint density at radius 1 is 1.21 bits per heavy atom. The van der Waals surface area contributed by atoms with E-state index in [1.165, 1.54) is 11.1 Å². The lowest BCUT2D eigenvalue weighted by Crippen LogP contribution is -2.45. The molecule has 1 saturated heterocycles. The summed E-state index contributed by atoms with van der Waals surface area (Å²) in [5, 5.41) is 8.05. The number of piperazine rings is 1. The van der Waals surface area contributed by atoms with Gasteiger partial charge < -0.3 is 5.32 Å². The van der Waals surface area contributed by atoms with E-state index in [2.05, 4.69) is 58.6 Å². The van der Waals surface area contributed by atoms with Gasteiger partial charge in [-0.1, -0.05) is 30.3 Å². The molecule has 0 amide bonds. The van der Waals surface area contributed by atoms with Gasteiger partial charge in [0.2, 0.25) is 0 Å². The van der Waals surface area contributed by atoms with Gasteiger partial charge in [0, 0.05) is 49.2 Å². The highest BCUT2D eigenvalue weighted by molar-refractivity contribution is 5.48. The maximum absolute atomic E-state index is 4.72. The second-order valence-electron chi connectivity index (χ2n) is 6.55. The van der Waals surface area contributed by atoms with Crippen molar-refractivity contribution in [3.05, 3.63) is 65.1 Å². The Morgan fingerprint density at radius 2 is 2.04 bits per heavy atom. The van der Waals surface area contributed by atoms with E-state index in [1.807, 2.05) is 17.6 Å². The summed E-state index contributed by atoms with van der Waals surface area (Å²) in [6.45, 7) is 8.03. The standard InChI is InChI=1S/C19H23N5/c1-14-10-15(2)24-19(22-14)17(11-21-24)13-23-9-8-20-12-18(23)16-6-4-3-5-7-16/h3-7,10-11,18,20H,8-9,12-13H2,1-2H3. The molecule has 1 aliphatic rings. The maximum Gasteiger partial charge on any atom is 0.159 e. The van der Waals surface area contributed by atoms with E-state index in [0.29, 0.717) is 6.04 Å². The highest BCUT2D eigenvalue weighted by Crippen LogP contribution is 2.25.